The first-order chi connectivity index (χ1) is 15.4. The van der Waals surface area contributed by atoms with Crippen molar-refractivity contribution in [3.05, 3.63) is 52.4 Å². The van der Waals surface area contributed by atoms with Gasteiger partial charge in [0.2, 0.25) is 11.8 Å². The average Bonchev–Trinajstić information content (AvgIpc) is 2.98. The summed E-state index contributed by atoms with van der Waals surface area (Å²) in [7, 11) is 1.55. The predicted octanol–water partition coefficient (Wildman–Crippen LogP) is 1.52. The Balaban J connectivity index is 1.48. The molecule has 0 bridgehead atoms. The number of carbonyl (C=O) groups is 3. The number of rotatable bonds is 5. The number of nitrogens with zero attached hydrogens (tertiary/aromatic N) is 4. The summed E-state index contributed by atoms with van der Waals surface area (Å²) in [6.45, 7) is 5.43. The maximum absolute atomic E-state index is 13.2. The van der Waals surface area contributed by atoms with E-state index in [1.54, 1.807) is 28.7 Å². The van der Waals surface area contributed by atoms with E-state index in [0.29, 0.717) is 43.9 Å². The summed E-state index contributed by atoms with van der Waals surface area (Å²) in [6, 6.07) is 7.37. The molecule has 1 aromatic carbocycles. The molecule has 1 aromatic heterocycles. The fourth-order valence-corrected chi connectivity index (χ4v) is 4.42. The van der Waals surface area contributed by atoms with Gasteiger partial charge in [0.1, 0.15) is 18.3 Å². The second-order valence-electron chi connectivity index (χ2n) is 8.37. The lowest BCUT2D eigenvalue weighted by atomic mass is 10.1. The maximum Gasteiger partial charge on any atom is 0.276 e. The molecule has 0 aliphatic carbocycles. The van der Waals surface area contributed by atoms with Gasteiger partial charge in [-0.05, 0) is 25.8 Å². The van der Waals surface area contributed by atoms with Gasteiger partial charge in [-0.1, -0.05) is 35.0 Å². The summed E-state index contributed by atoms with van der Waals surface area (Å²) in [5.41, 5.74) is 2.95. The predicted molar refractivity (Wildman–Crippen MR) is 115 cm³/mol. The Morgan fingerprint density at radius 1 is 1.22 bits per heavy atom. The fraction of sp³-hybridized carbons (Fsp3) is 0.478. The fourth-order valence-electron chi connectivity index (χ4n) is 4.42. The van der Waals surface area contributed by atoms with Crippen LogP contribution in [0.4, 0.5) is 0 Å². The molecule has 0 spiro atoms. The molecular formula is C23H28N4O5. The van der Waals surface area contributed by atoms with Crippen molar-refractivity contribution >= 4 is 17.7 Å². The number of benzene rings is 1. The Kier molecular flexibility index (Phi) is 6.27. The van der Waals surface area contributed by atoms with E-state index in [0.717, 1.165) is 11.1 Å². The van der Waals surface area contributed by atoms with Crippen LogP contribution in [0, 0.1) is 13.8 Å². The minimum absolute atomic E-state index is 0.0533. The number of amides is 3. The van der Waals surface area contributed by atoms with Crippen LogP contribution >= 0.6 is 0 Å². The third kappa shape index (κ3) is 4.25. The van der Waals surface area contributed by atoms with Crippen LogP contribution in [0.25, 0.3) is 0 Å². The molecule has 0 N–H and O–H groups in total. The van der Waals surface area contributed by atoms with Crippen LogP contribution in [0.2, 0.25) is 0 Å². The smallest absolute Gasteiger partial charge is 0.276 e. The Morgan fingerprint density at radius 2 is 2.03 bits per heavy atom. The standard InChI is InChI=1S/C23H28N4O5/c1-15-5-4-6-17(11-15)12-26-13-20(28)27-10-9-25(8-7-19(27)22(26)29)23(30)21-18(14-31-3)16(2)32-24-21/h4-6,11,19H,7-10,12-14H2,1-3H3. The lowest BCUT2D eigenvalue weighted by Gasteiger charge is -2.39. The van der Waals surface area contributed by atoms with E-state index < -0.39 is 6.04 Å². The van der Waals surface area contributed by atoms with Crippen molar-refractivity contribution in [3.63, 3.8) is 0 Å². The third-order valence-electron chi connectivity index (χ3n) is 6.12. The highest BCUT2D eigenvalue weighted by atomic mass is 16.5. The lowest BCUT2D eigenvalue weighted by Crippen LogP contribution is -2.59. The van der Waals surface area contributed by atoms with E-state index in [4.69, 9.17) is 9.26 Å². The lowest BCUT2D eigenvalue weighted by molar-refractivity contribution is -0.156. The summed E-state index contributed by atoms with van der Waals surface area (Å²) in [6.07, 6.45) is 0.386. The van der Waals surface area contributed by atoms with E-state index in [9.17, 15) is 14.4 Å². The molecule has 0 radical (unpaired) electrons. The third-order valence-corrected chi connectivity index (χ3v) is 6.12. The van der Waals surface area contributed by atoms with Crippen LogP contribution < -0.4 is 0 Å². The van der Waals surface area contributed by atoms with Gasteiger partial charge in [-0.25, -0.2) is 0 Å². The number of aryl methyl sites for hydroxylation is 2. The number of piperazine rings is 1. The van der Waals surface area contributed by atoms with Gasteiger partial charge in [-0.3, -0.25) is 14.4 Å². The van der Waals surface area contributed by atoms with Gasteiger partial charge >= 0.3 is 0 Å². The van der Waals surface area contributed by atoms with Gasteiger partial charge in [0.15, 0.2) is 5.69 Å². The maximum atomic E-state index is 13.2. The molecule has 2 aromatic rings. The van der Waals surface area contributed by atoms with Crippen LogP contribution in [0.15, 0.2) is 28.8 Å². The number of hydrogen-bond donors (Lipinski definition) is 0. The average molecular weight is 441 g/mol. The molecule has 1 unspecified atom stereocenters. The van der Waals surface area contributed by atoms with Crippen molar-refractivity contribution < 1.29 is 23.6 Å². The van der Waals surface area contributed by atoms with E-state index >= 15 is 0 Å². The van der Waals surface area contributed by atoms with Crippen LogP contribution in [0.3, 0.4) is 0 Å². The number of carbonyl (C=O) groups excluding carboxylic acids is 3. The van der Waals surface area contributed by atoms with Crippen molar-refractivity contribution in [2.75, 3.05) is 33.3 Å². The second-order valence-corrected chi connectivity index (χ2v) is 8.37. The SMILES string of the molecule is COCc1c(C(=O)N2CCC3C(=O)N(Cc4cccc(C)c4)CC(=O)N3CC2)noc1C. The summed E-state index contributed by atoms with van der Waals surface area (Å²) in [4.78, 5) is 44.1. The molecule has 2 fully saturated rings. The number of aromatic nitrogens is 1. The number of hydrogen-bond acceptors (Lipinski definition) is 6. The Bertz CT molecular complexity index is 1030. The first-order valence-corrected chi connectivity index (χ1v) is 10.8. The zero-order chi connectivity index (χ0) is 22.8. The van der Waals surface area contributed by atoms with E-state index in [2.05, 4.69) is 5.16 Å². The molecule has 32 heavy (non-hydrogen) atoms. The molecule has 3 heterocycles. The normalized spacial score (nSPS) is 19.2. The minimum atomic E-state index is -0.559. The molecular weight excluding hydrogens is 412 g/mol. The molecule has 1 atom stereocenters. The summed E-state index contributed by atoms with van der Waals surface area (Å²) in [5.74, 6) is 0.108. The number of fused-ring (bicyclic) bond motifs is 1. The van der Waals surface area contributed by atoms with E-state index in [1.807, 2.05) is 31.2 Å². The van der Waals surface area contributed by atoms with Crippen molar-refractivity contribution in [3.8, 4) is 0 Å². The molecule has 4 rings (SSSR count). The molecule has 2 saturated heterocycles. The van der Waals surface area contributed by atoms with Gasteiger partial charge in [0.25, 0.3) is 5.91 Å². The zero-order valence-corrected chi connectivity index (χ0v) is 18.7. The van der Waals surface area contributed by atoms with E-state index in [1.165, 1.54) is 0 Å². The van der Waals surface area contributed by atoms with E-state index in [-0.39, 0.29) is 36.6 Å². The molecule has 0 saturated carbocycles. The second kappa shape index (κ2) is 9.12. The molecule has 2 aliphatic rings. The summed E-state index contributed by atoms with van der Waals surface area (Å²) >= 11 is 0. The van der Waals surface area contributed by atoms with Crippen LogP contribution in [0.1, 0.15) is 39.4 Å². The highest BCUT2D eigenvalue weighted by molar-refractivity contribution is 5.96. The molecule has 9 nitrogen and oxygen atoms in total. The van der Waals surface area contributed by atoms with Gasteiger partial charge in [0.05, 0.1) is 12.2 Å². The van der Waals surface area contributed by atoms with Gasteiger partial charge in [0, 0.05) is 33.3 Å². The van der Waals surface area contributed by atoms with Crippen LogP contribution in [-0.4, -0.2) is 76.9 Å². The largest absolute Gasteiger partial charge is 0.380 e. The zero-order valence-electron chi connectivity index (χ0n) is 18.7. The molecule has 3 amide bonds. The van der Waals surface area contributed by atoms with Crippen molar-refractivity contribution in [2.24, 2.45) is 0 Å². The topological polar surface area (TPSA) is 96.2 Å². The Labute approximate surface area is 186 Å². The Hall–Kier alpha value is -3.20. The van der Waals surface area contributed by atoms with Gasteiger partial charge < -0.3 is 24.0 Å². The van der Waals surface area contributed by atoms with Gasteiger partial charge in [-0.2, -0.15) is 0 Å². The number of methoxy groups -OCH3 is 1. The molecule has 170 valence electrons. The molecule has 2 aliphatic heterocycles. The van der Waals surface area contributed by atoms with Crippen LogP contribution in [-0.2, 0) is 27.5 Å². The van der Waals surface area contributed by atoms with Crippen LogP contribution in [0.5, 0.6) is 0 Å². The van der Waals surface area contributed by atoms with Crippen molar-refractivity contribution in [2.45, 2.75) is 39.5 Å². The highest BCUT2D eigenvalue weighted by Gasteiger charge is 2.41. The monoisotopic (exact) mass is 440 g/mol. The summed E-state index contributed by atoms with van der Waals surface area (Å²) in [5, 5.41) is 3.92. The quantitative estimate of drug-likeness (QED) is 0.700. The number of ether oxygens (including phenoxy) is 1. The Morgan fingerprint density at radius 3 is 2.78 bits per heavy atom. The first kappa shape index (κ1) is 22.0. The first-order valence-electron chi connectivity index (χ1n) is 10.8. The molecule has 9 heteroatoms. The van der Waals surface area contributed by atoms with Crippen molar-refractivity contribution in [1.29, 1.82) is 0 Å². The van der Waals surface area contributed by atoms with Gasteiger partial charge in [-0.15, -0.1) is 0 Å². The highest BCUT2D eigenvalue weighted by Crippen LogP contribution is 2.23. The minimum Gasteiger partial charge on any atom is -0.380 e. The van der Waals surface area contributed by atoms with Crippen molar-refractivity contribution in [1.82, 2.24) is 19.9 Å². The summed E-state index contributed by atoms with van der Waals surface area (Å²) < 4.78 is 10.4.